The molecule has 1 aromatic rings. The summed E-state index contributed by atoms with van der Waals surface area (Å²) in [6.45, 7) is 0. The highest BCUT2D eigenvalue weighted by Crippen LogP contribution is 2.51. The molecule has 0 atom stereocenters. The Bertz CT molecular complexity index is 451. The first-order valence-electron chi connectivity index (χ1n) is 4.03. The van der Waals surface area contributed by atoms with E-state index in [4.69, 9.17) is 5.11 Å². The number of aliphatic hydroxyl groups is 1. The summed E-state index contributed by atoms with van der Waals surface area (Å²) < 4.78 is 74.3. The number of amides is 1. The molecule has 3 N–H and O–H groups in total. The molecule has 1 aromatic heterocycles. The fourth-order valence-electron chi connectivity index (χ4n) is 0.995. The molecule has 1 rings (SSSR count). The van der Waals surface area contributed by atoms with Gasteiger partial charge < -0.3 is 10.8 Å². The van der Waals surface area contributed by atoms with Gasteiger partial charge >= 0.3 is 12.4 Å². The highest BCUT2D eigenvalue weighted by Gasteiger charge is 2.72. The zero-order valence-electron chi connectivity index (χ0n) is 8.13. The summed E-state index contributed by atoms with van der Waals surface area (Å²) in [5, 5.41) is 8.15. The number of halogens is 6. The van der Waals surface area contributed by atoms with E-state index in [0.29, 0.717) is 0 Å². The minimum absolute atomic E-state index is 0.117. The fourth-order valence-corrected chi connectivity index (χ4v) is 1.89. The smallest absolute Gasteiger partial charge is 0.369 e. The Morgan fingerprint density at radius 2 is 1.67 bits per heavy atom. The summed E-state index contributed by atoms with van der Waals surface area (Å²) >= 11 is -0.274. The third kappa shape index (κ3) is 2.14. The van der Waals surface area contributed by atoms with Crippen LogP contribution < -0.4 is 5.73 Å². The number of nitrogens with zero attached hydrogens (tertiary/aromatic N) is 1. The van der Waals surface area contributed by atoms with E-state index < -0.39 is 33.7 Å². The van der Waals surface area contributed by atoms with E-state index in [-0.39, 0.29) is 17.5 Å². The zero-order chi connectivity index (χ0) is 14.4. The normalized spacial score (nSPS) is 13.7. The van der Waals surface area contributed by atoms with E-state index in [1.54, 1.807) is 0 Å². The van der Waals surface area contributed by atoms with Gasteiger partial charge in [0.25, 0.3) is 11.5 Å². The summed E-state index contributed by atoms with van der Waals surface area (Å²) in [7, 11) is 0. The maximum Gasteiger partial charge on any atom is 0.431 e. The molecule has 1 heterocycles. The van der Waals surface area contributed by atoms with Crippen LogP contribution in [0.25, 0.3) is 0 Å². The van der Waals surface area contributed by atoms with E-state index in [9.17, 15) is 31.1 Å². The van der Waals surface area contributed by atoms with Crippen molar-refractivity contribution >= 4 is 17.2 Å². The highest BCUT2D eigenvalue weighted by molar-refractivity contribution is 7.13. The lowest BCUT2D eigenvalue weighted by Gasteiger charge is -2.30. The van der Waals surface area contributed by atoms with Crippen LogP contribution in [-0.2, 0) is 5.60 Å². The number of primary amides is 1. The van der Waals surface area contributed by atoms with Crippen LogP contribution in [0.15, 0.2) is 6.20 Å². The summed E-state index contributed by atoms with van der Waals surface area (Å²) in [4.78, 5) is 12.0. The molecule has 1 amide bonds. The molecule has 0 radical (unpaired) electrons. The molecule has 0 bridgehead atoms. The first kappa shape index (κ1) is 14.7. The molecule has 0 fully saturated rings. The number of nitrogens with two attached hydrogens (primary N) is 1. The van der Waals surface area contributed by atoms with Gasteiger partial charge in [-0.3, -0.25) is 4.79 Å². The Labute approximate surface area is 99.0 Å². The van der Waals surface area contributed by atoms with Crippen LogP contribution in [0.3, 0.4) is 0 Å². The number of alkyl halides is 6. The summed E-state index contributed by atoms with van der Waals surface area (Å²) in [5.41, 5.74) is -0.425. The Balaban J connectivity index is 3.41. The van der Waals surface area contributed by atoms with Crippen molar-refractivity contribution in [3.8, 4) is 0 Å². The average Bonchev–Trinajstić information content (AvgIpc) is 2.61. The molecule has 0 aliphatic carbocycles. The van der Waals surface area contributed by atoms with Crippen molar-refractivity contribution in [1.82, 2.24) is 4.98 Å². The van der Waals surface area contributed by atoms with Crippen molar-refractivity contribution in [2.45, 2.75) is 18.0 Å². The van der Waals surface area contributed by atoms with Crippen LogP contribution in [0.5, 0.6) is 0 Å². The number of hydrogen-bond acceptors (Lipinski definition) is 4. The molecule has 0 unspecified atom stereocenters. The predicted molar refractivity (Wildman–Crippen MR) is 46.6 cm³/mol. The quantitative estimate of drug-likeness (QED) is 0.813. The highest BCUT2D eigenvalue weighted by atomic mass is 32.1. The van der Waals surface area contributed by atoms with Gasteiger partial charge in [0, 0.05) is 6.20 Å². The first-order valence-corrected chi connectivity index (χ1v) is 4.85. The van der Waals surface area contributed by atoms with Crippen LogP contribution in [-0.4, -0.2) is 28.4 Å². The van der Waals surface area contributed by atoms with Gasteiger partial charge in [-0.25, -0.2) is 4.98 Å². The largest absolute Gasteiger partial charge is 0.431 e. The number of carbonyl (C=O) groups is 1. The SMILES string of the molecule is NC(=O)c1ncc(C(O)(C(F)(F)F)C(F)(F)F)s1. The number of aromatic nitrogens is 1. The lowest BCUT2D eigenvalue weighted by molar-refractivity contribution is -0.375. The van der Waals surface area contributed by atoms with Gasteiger partial charge in [0.1, 0.15) is 0 Å². The van der Waals surface area contributed by atoms with Crippen molar-refractivity contribution in [1.29, 1.82) is 0 Å². The summed E-state index contributed by atoms with van der Waals surface area (Å²) in [5.74, 6) is -1.29. The number of thiazole rings is 1. The third-order valence-electron chi connectivity index (χ3n) is 1.89. The minimum atomic E-state index is -6.01. The van der Waals surface area contributed by atoms with Crippen molar-refractivity contribution < 1.29 is 36.2 Å². The Kier molecular flexibility index (Phi) is 3.34. The molecule has 11 heteroatoms. The fraction of sp³-hybridized carbons (Fsp3) is 0.429. The third-order valence-corrected chi connectivity index (χ3v) is 3.01. The van der Waals surface area contributed by atoms with Gasteiger partial charge in [0.2, 0.25) is 0 Å². The van der Waals surface area contributed by atoms with Gasteiger partial charge in [0.05, 0.1) is 4.88 Å². The second kappa shape index (κ2) is 4.09. The summed E-state index contributed by atoms with van der Waals surface area (Å²) in [6.07, 6.45) is -11.9. The molecule has 0 saturated carbocycles. The topological polar surface area (TPSA) is 76.2 Å². The van der Waals surface area contributed by atoms with Gasteiger partial charge in [-0.15, -0.1) is 11.3 Å². The van der Waals surface area contributed by atoms with Crippen LogP contribution >= 0.6 is 11.3 Å². The molecule has 0 spiro atoms. The zero-order valence-corrected chi connectivity index (χ0v) is 8.95. The second-order valence-corrected chi connectivity index (χ2v) is 4.13. The molecule has 102 valence electrons. The Hall–Kier alpha value is -1.36. The molecule has 4 nitrogen and oxygen atoms in total. The summed E-state index contributed by atoms with van der Waals surface area (Å²) in [6, 6.07) is 0. The average molecular weight is 294 g/mol. The first-order chi connectivity index (χ1) is 7.91. The maximum atomic E-state index is 12.4. The van der Waals surface area contributed by atoms with Crippen LogP contribution in [0, 0.1) is 0 Å². The lowest BCUT2D eigenvalue weighted by atomic mass is 10.0. The minimum Gasteiger partial charge on any atom is -0.369 e. The molecule has 0 aromatic carbocycles. The molecule has 0 saturated heterocycles. The lowest BCUT2D eigenvalue weighted by Crippen LogP contribution is -2.53. The van der Waals surface area contributed by atoms with E-state index in [1.807, 2.05) is 0 Å². The van der Waals surface area contributed by atoms with Crippen molar-refractivity contribution in [3.63, 3.8) is 0 Å². The van der Waals surface area contributed by atoms with E-state index >= 15 is 0 Å². The molecular formula is C7H4F6N2O2S. The maximum absolute atomic E-state index is 12.4. The van der Waals surface area contributed by atoms with E-state index in [2.05, 4.69) is 10.7 Å². The van der Waals surface area contributed by atoms with Gasteiger partial charge in [0.15, 0.2) is 5.01 Å². The number of carbonyl (C=O) groups excluding carboxylic acids is 1. The number of rotatable bonds is 2. The van der Waals surface area contributed by atoms with Crippen LogP contribution in [0.1, 0.15) is 14.7 Å². The standard InChI is InChI=1S/C7H4F6N2O2S/c8-6(9,10)5(17,7(11,12)13)2-1-15-4(18-2)3(14)16/h1,17H,(H2,14,16). The van der Waals surface area contributed by atoms with E-state index in [0.717, 1.165) is 0 Å². The second-order valence-electron chi connectivity index (χ2n) is 3.10. The number of hydrogen-bond donors (Lipinski definition) is 2. The predicted octanol–water partition coefficient (Wildman–Crippen LogP) is 1.55. The van der Waals surface area contributed by atoms with Gasteiger partial charge in [-0.05, 0) is 0 Å². The molecular weight excluding hydrogens is 290 g/mol. The van der Waals surface area contributed by atoms with Crippen LogP contribution in [0.4, 0.5) is 26.3 Å². The Morgan fingerprint density at radius 1 is 1.22 bits per heavy atom. The van der Waals surface area contributed by atoms with E-state index in [1.165, 1.54) is 0 Å². The van der Waals surface area contributed by atoms with Gasteiger partial charge in [-0.1, -0.05) is 0 Å². The van der Waals surface area contributed by atoms with Crippen molar-refractivity contribution in [3.05, 3.63) is 16.1 Å². The van der Waals surface area contributed by atoms with Crippen molar-refractivity contribution in [2.24, 2.45) is 5.73 Å². The monoisotopic (exact) mass is 294 g/mol. The molecule has 0 aliphatic rings. The molecule has 18 heavy (non-hydrogen) atoms. The van der Waals surface area contributed by atoms with Crippen LogP contribution in [0.2, 0.25) is 0 Å². The molecule has 0 aliphatic heterocycles. The van der Waals surface area contributed by atoms with Gasteiger partial charge in [-0.2, -0.15) is 26.3 Å². The van der Waals surface area contributed by atoms with Crippen molar-refractivity contribution in [2.75, 3.05) is 0 Å². The Morgan fingerprint density at radius 3 is 1.94 bits per heavy atom.